The van der Waals surface area contributed by atoms with E-state index in [1.165, 1.54) is 32.2 Å². The van der Waals surface area contributed by atoms with E-state index >= 15 is 0 Å². The van der Waals surface area contributed by atoms with E-state index in [9.17, 15) is 18.0 Å². The Morgan fingerprint density at radius 2 is 2.06 bits per heavy atom. The van der Waals surface area contributed by atoms with Crippen molar-refractivity contribution in [2.75, 3.05) is 0 Å². The fraction of sp³-hybridized carbons (Fsp3) is 0.273. The zero-order valence-electron chi connectivity index (χ0n) is 9.58. The minimum atomic E-state index is -4.52. The summed E-state index contributed by atoms with van der Waals surface area (Å²) in [6.07, 6.45) is -4.52. The minimum absolute atomic E-state index is 0.128. The molecule has 0 saturated heterocycles. The van der Waals surface area contributed by atoms with Gasteiger partial charge in [0.2, 0.25) is 5.82 Å². The number of hydrogen-bond acceptors (Lipinski definition) is 3. The van der Waals surface area contributed by atoms with Gasteiger partial charge >= 0.3 is 12.1 Å². The topological polar surface area (TPSA) is 44.1 Å². The number of alkyl halides is 3. The summed E-state index contributed by atoms with van der Waals surface area (Å²) in [6, 6.07) is 4.15. The number of ether oxygens (including phenoxy) is 1. The van der Waals surface area contributed by atoms with Gasteiger partial charge in [-0.15, -0.1) is 0 Å². The lowest BCUT2D eigenvalue weighted by Gasteiger charge is -2.05. The summed E-state index contributed by atoms with van der Waals surface area (Å²) in [5, 5.41) is 0. The number of hydrogen-bond donors (Lipinski definition) is 0. The van der Waals surface area contributed by atoms with Gasteiger partial charge in [-0.05, 0) is 12.1 Å². The highest BCUT2D eigenvalue weighted by molar-refractivity contribution is 5.79. The molecule has 2 aromatic rings. The van der Waals surface area contributed by atoms with Crippen LogP contribution >= 0.6 is 0 Å². The summed E-state index contributed by atoms with van der Waals surface area (Å²) in [5.74, 6) is -1.36. The number of halogens is 3. The van der Waals surface area contributed by atoms with E-state index in [0.29, 0.717) is 5.52 Å². The maximum Gasteiger partial charge on any atom is 0.449 e. The monoisotopic (exact) mass is 258 g/mol. The molecule has 0 radical (unpaired) electrons. The van der Waals surface area contributed by atoms with Crippen LogP contribution in [0.5, 0.6) is 5.75 Å². The Hall–Kier alpha value is -2.05. The number of benzene rings is 1. The van der Waals surface area contributed by atoms with Crippen LogP contribution in [0.4, 0.5) is 13.2 Å². The fourth-order valence-electron chi connectivity index (χ4n) is 1.66. The molecule has 0 N–H and O–H groups in total. The van der Waals surface area contributed by atoms with Gasteiger partial charge in [0.05, 0.1) is 11.0 Å². The van der Waals surface area contributed by atoms with Crippen LogP contribution in [0.15, 0.2) is 18.2 Å². The van der Waals surface area contributed by atoms with E-state index < -0.39 is 18.0 Å². The molecule has 96 valence electrons. The molecule has 1 heterocycles. The molecule has 0 atom stereocenters. The Labute approximate surface area is 100.0 Å². The van der Waals surface area contributed by atoms with E-state index in [1.807, 2.05) is 0 Å². The number of aryl methyl sites for hydroxylation is 1. The summed E-state index contributed by atoms with van der Waals surface area (Å²) in [4.78, 5) is 14.3. The number of rotatable bonds is 1. The summed E-state index contributed by atoms with van der Waals surface area (Å²) < 4.78 is 43.6. The lowest BCUT2D eigenvalue weighted by atomic mass is 10.3. The first-order valence-electron chi connectivity index (χ1n) is 5.01. The second kappa shape index (κ2) is 4.01. The molecule has 0 bridgehead atoms. The molecule has 0 fully saturated rings. The van der Waals surface area contributed by atoms with Gasteiger partial charge in [0.25, 0.3) is 0 Å². The van der Waals surface area contributed by atoms with Crippen molar-refractivity contribution in [2.45, 2.75) is 13.1 Å². The predicted octanol–water partition coefficient (Wildman–Crippen LogP) is 2.52. The Balaban J connectivity index is 2.55. The van der Waals surface area contributed by atoms with Crippen LogP contribution in [0, 0.1) is 0 Å². The molecular formula is C11H9F3N2O2. The van der Waals surface area contributed by atoms with Crippen LogP contribution in [-0.2, 0) is 18.0 Å². The van der Waals surface area contributed by atoms with Gasteiger partial charge in [0.15, 0.2) is 0 Å². The number of esters is 1. The highest BCUT2D eigenvalue weighted by atomic mass is 19.4. The standard InChI is InChI=1S/C11H9F3N2O2/c1-6(17)18-7-3-4-9-8(5-7)15-10(16(9)2)11(12,13)14/h3-5H,1-2H3. The summed E-state index contributed by atoms with van der Waals surface area (Å²) >= 11 is 0. The van der Waals surface area contributed by atoms with Crippen molar-refractivity contribution >= 4 is 17.0 Å². The highest BCUT2D eigenvalue weighted by Gasteiger charge is 2.36. The average Bonchev–Trinajstić information content (AvgIpc) is 2.54. The fourth-order valence-corrected chi connectivity index (χ4v) is 1.66. The van der Waals surface area contributed by atoms with Crippen LogP contribution in [0.3, 0.4) is 0 Å². The van der Waals surface area contributed by atoms with E-state index in [4.69, 9.17) is 4.74 Å². The molecule has 0 saturated carbocycles. The molecule has 2 rings (SSSR count). The Kier molecular flexibility index (Phi) is 2.76. The number of carbonyl (C=O) groups is 1. The van der Waals surface area contributed by atoms with E-state index in [1.54, 1.807) is 0 Å². The first kappa shape index (κ1) is 12.4. The zero-order valence-corrected chi connectivity index (χ0v) is 9.58. The molecule has 4 nitrogen and oxygen atoms in total. The van der Waals surface area contributed by atoms with Crippen molar-refractivity contribution < 1.29 is 22.7 Å². The van der Waals surface area contributed by atoms with E-state index in [-0.39, 0.29) is 11.3 Å². The van der Waals surface area contributed by atoms with Gasteiger partial charge in [-0.2, -0.15) is 13.2 Å². The molecule has 0 aliphatic heterocycles. The molecule has 0 aliphatic rings. The van der Waals surface area contributed by atoms with Gasteiger partial charge in [-0.25, -0.2) is 4.98 Å². The molecule has 18 heavy (non-hydrogen) atoms. The quantitative estimate of drug-likeness (QED) is 0.583. The molecule has 7 heteroatoms. The molecular weight excluding hydrogens is 249 g/mol. The van der Waals surface area contributed by atoms with Gasteiger partial charge in [-0.1, -0.05) is 0 Å². The van der Waals surface area contributed by atoms with Crippen molar-refractivity contribution in [3.05, 3.63) is 24.0 Å². The van der Waals surface area contributed by atoms with Gasteiger partial charge < -0.3 is 9.30 Å². The second-order valence-electron chi connectivity index (χ2n) is 3.74. The maximum atomic E-state index is 12.6. The number of aromatic nitrogens is 2. The van der Waals surface area contributed by atoms with Crippen LogP contribution in [0.1, 0.15) is 12.7 Å². The van der Waals surface area contributed by atoms with Crippen LogP contribution < -0.4 is 4.74 Å². The average molecular weight is 258 g/mol. The molecule has 0 amide bonds. The third kappa shape index (κ3) is 2.15. The lowest BCUT2D eigenvalue weighted by molar-refractivity contribution is -0.146. The number of carbonyl (C=O) groups excluding carboxylic acids is 1. The summed E-state index contributed by atoms with van der Waals surface area (Å²) in [5.41, 5.74) is 0.446. The second-order valence-corrected chi connectivity index (χ2v) is 3.74. The number of fused-ring (bicyclic) bond motifs is 1. The largest absolute Gasteiger partial charge is 0.449 e. The van der Waals surface area contributed by atoms with Crippen LogP contribution in [0.25, 0.3) is 11.0 Å². The Morgan fingerprint density at radius 3 is 2.61 bits per heavy atom. The van der Waals surface area contributed by atoms with Gasteiger partial charge in [-0.3, -0.25) is 4.79 Å². The molecule has 0 unspecified atom stereocenters. The van der Waals surface area contributed by atoms with Crippen LogP contribution in [-0.4, -0.2) is 15.5 Å². The molecule has 1 aromatic carbocycles. The van der Waals surface area contributed by atoms with Gasteiger partial charge in [0, 0.05) is 20.0 Å². The SMILES string of the molecule is CC(=O)Oc1ccc2c(c1)nc(C(F)(F)F)n2C. The highest BCUT2D eigenvalue weighted by Crippen LogP contribution is 2.31. The van der Waals surface area contributed by atoms with Crippen molar-refractivity contribution in [3.8, 4) is 5.75 Å². The predicted molar refractivity (Wildman–Crippen MR) is 57.0 cm³/mol. The smallest absolute Gasteiger partial charge is 0.427 e. The first-order valence-corrected chi connectivity index (χ1v) is 5.01. The molecule has 0 aliphatic carbocycles. The first-order chi connectivity index (χ1) is 8.29. The number of imidazole rings is 1. The molecule has 1 aromatic heterocycles. The molecule has 0 spiro atoms. The lowest BCUT2D eigenvalue weighted by Crippen LogP contribution is -2.12. The Bertz CT molecular complexity index is 617. The van der Waals surface area contributed by atoms with Crippen LogP contribution in [0.2, 0.25) is 0 Å². The third-order valence-corrected chi connectivity index (χ3v) is 2.37. The normalized spacial score (nSPS) is 11.8. The van der Waals surface area contributed by atoms with Gasteiger partial charge in [0.1, 0.15) is 5.75 Å². The Morgan fingerprint density at radius 1 is 1.39 bits per heavy atom. The van der Waals surface area contributed by atoms with Crippen molar-refractivity contribution in [3.63, 3.8) is 0 Å². The van der Waals surface area contributed by atoms with E-state index in [0.717, 1.165) is 4.57 Å². The van der Waals surface area contributed by atoms with E-state index in [2.05, 4.69) is 4.98 Å². The van der Waals surface area contributed by atoms with Crippen molar-refractivity contribution in [2.24, 2.45) is 7.05 Å². The van der Waals surface area contributed by atoms with Crippen molar-refractivity contribution in [1.82, 2.24) is 9.55 Å². The summed E-state index contributed by atoms with van der Waals surface area (Å²) in [7, 11) is 1.28. The summed E-state index contributed by atoms with van der Waals surface area (Å²) in [6.45, 7) is 1.21. The maximum absolute atomic E-state index is 12.6. The minimum Gasteiger partial charge on any atom is -0.427 e. The van der Waals surface area contributed by atoms with Crippen molar-refractivity contribution in [1.29, 1.82) is 0 Å². The zero-order chi connectivity index (χ0) is 13.5. The number of nitrogens with zero attached hydrogens (tertiary/aromatic N) is 2. The third-order valence-electron chi connectivity index (χ3n) is 2.37.